The Kier molecular flexibility index (Phi) is 5.54. The van der Waals surface area contributed by atoms with Gasteiger partial charge in [0.25, 0.3) is 15.9 Å². The van der Waals surface area contributed by atoms with Gasteiger partial charge in [0, 0.05) is 44.8 Å². The number of sulfonamides is 1. The molecule has 0 atom stereocenters. The number of nitrogens with zero attached hydrogens (tertiary/aromatic N) is 4. The van der Waals surface area contributed by atoms with Crippen molar-refractivity contribution in [3.8, 4) is 5.75 Å². The number of carbonyl (C=O) groups excluding carboxylic acids is 1. The molecule has 3 heterocycles. The van der Waals surface area contributed by atoms with Crippen LogP contribution in [0.4, 0.5) is 0 Å². The van der Waals surface area contributed by atoms with Crippen LogP contribution in [-0.4, -0.2) is 66.4 Å². The predicted octanol–water partition coefficient (Wildman–Crippen LogP) is 1.07. The minimum absolute atomic E-state index is 0.0288. The number of carbonyl (C=O) groups is 1. The molecule has 0 bridgehead atoms. The zero-order valence-electron chi connectivity index (χ0n) is 17.1. The van der Waals surface area contributed by atoms with Crippen LogP contribution in [0, 0.1) is 0 Å². The number of aromatic nitrogens is 2. The molecule has 1 aliphatic heterocycles. The molecule has 11 heteroatoms. The highest BCUT2D eigenvalue weighted by Gasteiger charge is 2.31. The molecule has 0 spiro atoms. The number of imidazole rings is 1. The summed E-state index contributed by atoms with van der Waals surface area (Å²) >= 11 is 0. The zero-order chi connectivity index (χ0) is 22.2. The van der Waals surface area contributed by atoms with E-state index in [0.29, 0.717) is 24.1 Å². The lowest BCUT2D eigenvalue weighted by Crippen LogP contribution is -2.38. The van der Waals surface area contributed by atoms with Crippen LogP contribution in [0.1, 0.15) is 16.8 Å². The van der Waals surface area contributed by atoms with Gasteiger partial charge in [-0.1, -0.05) is 12.1 Å². The minimum atomic E-state index is -3.75. The average molecular weight is 446 g/mol. The number of aryl methyl sites for hydroxylation is 1. The Morgan fingerprint density at radius 1 is 1.19 bits per heavy atom. The summed E-state index contributed by atoms with van der Waals surface area (Å²) in [5, 5.41) is 0.537. The molecule has 0 saturated carbocycles. The number of hydrogen-bond acceptors (Lipinski definition) is 7. The molecule has 1 saturated heterocycles. The first-order valence-electron chi connectivity index (χ1n) is 9.69. The minimum Gasteiger partial charge on any atom is -0.493 e. The largest absolute Gasteiger partial charge is 0.493 e. The molecule has 1 amide bonds. The maximum Gasteiger partial charge on any atom is 0.349 e. The summed E-state index contributed by atoms with van der Waals surface area (Å²) in [5.41, 5.74) is -0.582. The maximum absolute atomic E-state index is 13.1. The second kappa shape index (κ2) is 8.16. The SMILES string of the molecule is COc1cccc2cc(C(=O)N3CCCN(S(=O)(=O)c4cn(C)cn4)CC3)c(=O)oc12. The fourth-order valence-electron chi connectivity index (χ4n) is 3.59. The topological polar surface area (TPSA) is 115 Å². The second-order valence-corrected chi connectivity index (χ2v) is 9.14. The van der Waals surface area contributed by atoms with E-state index in [0.717, 1.165) is 0 Å². The van der Waals surface area contributed by atoms with Crippen LogP contribution in [0.2, 0.25) is 0 Å². The summed E-state index contributed by atoms with van der Waals surface area (Å²) < 4.78 is 39.1. The molecule has 0 radical (unpaired) electrons. The quantitative estimate of drug-likeness (QED) is 0.551. The van der Waals surface area contributed by atoms with E-state index in [4.69, 9.17) is 9.15 Å². The van der Waals surface area contributed by atoms with E-state index < -0.39 is 21.6 Å². The van der Waals surface area contributed by atoms with Crippen molar-refractivity contribution < 1.29 is 22.4 Å². The van der Waals surface area contributed by atoms with Crippen molar-refractivity contribution in [3.05, 3.63) is 52.8 Å². The highest BCUT2D eigenvalue weighted by atomic mass is 32.2. The normalized spacial score (nSPS) is 15.7. The van der Waals surface area contributed by atoms with Gasteiger partial charge in [0.1, 0.15) is 5.56 Å². The van der Waals surface area contributed by atoms with E-state index in [-0.39, 0.29) is 35.8 Å². The third kappa shape index (κ3) is 3.93. The number of methoxy groups -OCH3 is 1. The van der Waals surface area contributed by atoms with Crippen molar-refractivity contribution in [2.75, 3.05) is 33.3 Å². The number of amides is 1. The molecule has 0 aliphatic carbocycles. The summed E-state index contributed by atoms with van der Waals surface area (Å²) in [6, 6.07) is 6.61. The van der Waals surface area contributed by atoms with Crippen molar-refractivity contribution in [2.45, 2.75) is 11.4 Å². The van der Waals surface area contributed by atoms with E-state index in [1.807, 2.05) is 0 Å². The molecular formula is C20H22N4O6S. The Morgan fingerprint density at radius 3 is 2.71 bits per heavy atom. The van der Waals surface area contributed by atoms with Gasteiger partial charge in [0.2, 0.25) is 0 Å². The summed E-state index contributed by atoms with van der Waals surface area (Å²) in [4.78, 5) is 31.0. The Hall–Kier alpha value is -3.18. The van der Waals surface area contributed by atoms with Gasteiger partial charge in [-0.05, 0) is 18.6 Å². The monoisotopic (exact) mass is 446 g/mol. The number of para-hydroxylation sites is 1. The van der Waals surface area contributed by atoms with Crippen LogP contribution in [-0.2, 0) is 17.1 Å². The maximum atomic E-state index is 13.1. The van der Waals surface area contributed by atoms with Gasteiger partial charge in [-0.2, -0.15) is 4.31 Å². The third-order valence-corrected chi connectivity index (χ3v) is 6.99. The number of rotatable bonds is 4. The molecule has 31 heavy (non-hydrogen) atoms. The van der Waals surface area contributed by atoms with Gasteiger partial charge >= 0.3 is 5.63 Å². The van der Waals surface area contributed by atoms with Gasteiger partial charge < -0.3 is 18.6 Å². The lowest BCUT2D eigenvalue weighted by atomic mass is 10.1. The van der Waals surface area contributed by atoms with Gasteiger partial charge in [0.15, 0.2) is 16.4 Å². The Morgan fingerprint density at radius 2 is 2.00 bits per heavy atom. The fraction of sp³-hybridized carbons (Fsp3) is 0.350. The third-order valence-electron chi connectivity index (χ3n) is 5.20. The lowest BCUT2D eigenvalue weighted by molar-refractivity contribution is 0.0760. The van der Waals surface area contributed by atoms with Crippen molar-refractivity contribution in [2.24, 2.45) is 7.05 Å². The highest BCUT2D eigenvalue weighted by Crippen LogP contribution is 2.25. The van der Waals surface area contributed by atoms with E-state index >= 15 is 0 Å². The van der Waals surface area contributed by atoms with Gasteiger partial charge in [0.05, 0.1) is 13.4 Å². The van der Waals surface area contributed by atoms with Crippen LogP contribution < -0.4 is 10.4 Å². The van der Waals surface area contributed by atoms with Crippen LogP contribution >= 0.6 is 0 Å². The summed E-state index contributed by atoms with van der Waals surface area (Å²) in [7, 11) is -0.592. The van der Waals surface area contributed by atoms with Gasteiger partial charge in [-0.15, -0.1) is 0 Å². The second-order valence-electron chi connectivity index (χ2n) is 7.25. The first-order valence-corrected chi connectivity index (χ1v) is 11.1. The van der Waals surface area contributed by atoms with Gasteiger partial charge in [-0.25, -0.2) is 18.2 Å². The van der Waals surface area contributed by atoms with Crippen molar-refractivity contribution >= 4 is 26.9 Å². The van der Waals surface area contributed by atoms with E-state index in [2.05, 4.69) is 4.98 Å². The van der Waals surface area contributed by atoms with E-state index in [9.17, 15) is 18.0 Å². The van der Waals surface area contributed by atoms with E-state index in [1.165, 1.54) is 34.9 Å². The van der Waals surface area contributed by atoms with Crippen LogP contribution in [0.25, 0.3) is 11.0 Å². The standard InChI is InChI=1S/C20H22N4O6S/c1-22-12-17(21-13-22)31(27,28)24-8-4-7-23(9-10-24)19(25)15-11-14-5-3-6-16(29-2)18(14)30-20(15)26/h3,5-6,11-13H,4,7-10H2,1-2H3. The average Bonchev–Trinajstić information content (AvgIpc) is 3.05. The molecule has 4 rings (SSSR count). The van der Waals surface area contributed by atoms with Crippen molar-refractivity contribution in [1.82, 2.24) is 18.8 Å². The molecule has 1 aliphatic rings. The fourth-order valence-corrected chi connectivity index (χ4v) is 5.03. The molecular weight excluding hydrogens is 424 g/mol. The smallest absolute Gasteiger partial charge is 0.349 e. The molecule has 1 aromatic carbocycles. The first kappa shape index (κ1) is 21.1. The molecule has 1 fully saturated rings. The van der Waals surface area contributed by atoms with Crippen molar-refractivity contribution in [1.29, 1.82) is 0 Å². The summed E-state index contributed by atoms with van der Waals surface area (Å²) in [5.74, 6) is -0.0886. The molecule has 0 N–H and O–H groups in total. The van der Waals surface area contributed by atoms with Gasteiger partial charge in [-0.3, -0.25) is 4.79 Å². The molecule has 3 aromatic rings. The number of ether oxygens (including phenoxy) is 1. The number of hydrogen-bond donors (Lipinski definition) is 0. The summed E-state index contributed by atoms with van der Waals surface area (Å²) in [6.45, 7) is 0.840. The van der Waals surface area contributed by atoms with Crippen LogP contribution in [0.15, 0.2) is 51.0 Å². The number of fused-ring (bicyclic) bond motifs is 1. The Bertz CT molecular complexity index is 1300. The van der Waals surface area contributed by atoms with Crippen LogP contribution in [0.5, 0.6) is 5.75 Å². The summed E-state index contributed by atoms with van der Waals surface area (Å²) in [6.07, 6.45) is 3.30. The van der Waals surface area contributed by atoms with E-state index in [1.54, 1.807) is 29.8 Å². The zero-order valence-corrected chi connectivity index (χ0v) is 18.0. The molecule has 164 valence electrons. The van der Waals surface area contributed by atoms with Crippen LogP contribution in [0.3, 0.4) is 0 Å². The highest BCUT2D eigenvalue weighted by molar-refractivity contribution is 7.89. The molecule has 0 unspecified atom stereocenters. The first-order chi connectivity index (χ1) is 14.8. The Balaban J connectivity index is 1.57. The molecule has 2 aromatic heterocycles. The van der Waals surface area contributed by atoms with Crippen molar-refractivity contribution in [3.63, 3.8) is 0 Å². The predicted molar refractivity (Wildman–Crippen MR) is 112 cm³/mol. The Labute approximate surface area is 178 Å². The number of benzene rings is 1. The lowest BCUT2D eigenvalue weighted by Gasteiger charge is -2.21. The molecule has 10 nitrogen and oxygen atoms in total.